The van der Waals surface area contributed by atoms with E-state index in [0.29, 0.717) is 17.9 Å². The van der Waals surface area contributed by atoms with E-state index in [1.165, 1.54) is 6.07 Å². The molecule has 0 aliphatic carbocycles. The molecule has 1 amide bonds. The number of fused-ring (bicyclic) bond motifs is 1. The number of hydrogen-bond acceptors (Lipinski definition) is 5. The number of nitrogens with zero attached hydrogens (tertiary/aromatic N) is 3. The Morgan fingerprint density at radius 3 is 2.64 bits per heavy atom. The predicted molar refractivity (Wildman–Crippen MR) is 107 cm³/mol. The van der Waals surface area contributed by atoms with E-state index in [1.807, 2.05) is 18.5 Å². The van der Waals surface area contributed by atoms with Crippen LogP contribution in [0.5, 0.6) is 5.75 Å². The second-order valence-electron chi connectivity index (χ2n) is 7.18. The standard InChI is InChI=1S/C21H25N3O4/c1-13(2)24-15(4)18(14(3)22-24)11-23(5)20(25)12-27-17-8-6-16-7-9-21(26)28-19(16)10-17/h6-10,13H,11-12H2,1-5H3. The van der Waals surface area contributed by atoms with Crippen LogP contribution in [0.4, 0.5) is 0 Å². The first kappa shape index (κ1) is 19.7. The molecule has 0 aliphatic heterocycles. The first-order chi connectivity index (χ1) is 13.3. The monoisotopic (exact) mass is 383 g/mol. The summed E-state index contributed by atoms with van der Waals surface area (Å²) in [6.45, 7) is 8.51. The topological polar surface area (TPSA) is 77.6 Å². The van der Waals surface area contributed by atoms with Crippen LogP contribution in [0.3, 0.4) is 0 Å². The van der Waals surface area contributed by atoms with Gasteiger partial charge in [0.2, 0.25) is 0 Å². The number of likely N-dealkylation sites (N-methyl/N-ethyl adjacent to an activating group) is 1. The summed E-state index contributed by atoms with van der Waals surface area (Å²) in [7, 11) is 1.75. The van der Waals surface area contributed by atoms with Crippen LogP contribution in [0, 0.1) is 13.8 Å². The van der Waals surface area contributed by atoms with Crippen LogP contribution in [0.2, 0.25) is 0 Å². The zero-order valence-electron chi connectivity index (χ0n) is 16.9. The second kappa shape index (κ2) is 7.88. The van der Waals surface area contributed by atoms with Gasteiger partial charge in [0.15, 0.2) is 6.61 Å². The van der Waals surface area contributed by atoms with Crippen molar-refractivity contribution >= 4 is 16.9 Å². The number of aryl methyl sites for hydroxylation is 1. The highest BCUT2D eigenvalue weighted by Crippen LogP contribution is 2.21. The van der Waals surface area contributed by atoms with Crippen LogP contribution in [0.25, 0.3) is 11.0 Å². The third-order valence-electron chi connectivity index (χ3n) is 4.74. The van der Waals surface area contributed by atoms with E-state index in [9.17, 15) is 9.59 Å². The van der Waals surface area contributed by atoms with Crippen molar-refractivity contribution in [3.63, 3.8) is 0 Å². The first-order valence-corrected chi connectivity index (χ1v) is 9.21. The van der Waals surface area contributed by atoms with E-state index < -0.39 is 5.63 Å². The summed E-state index contributed by atoms with van der Waals surface area (Å²) < 4.78 is 12.7. The van der Waals surface area contributed by atoms with Gasteiger partial charge in [-0.1, -0.05) is 0 Å². The normalized spacial score (nSPS) is 11.2. The third kappa shape index (κ3) is 4.08. The van der Waals surface area contributed by atoms with E-state index in [4.69, 9.17) is 9.15 Å². The van der Waals surface area contributed by atoms with E-state index in [2.05, 4.69) is 18.9 Å². The van der Waals surface area contributed by atoms with E-state index in [0.717, 1.165) is 22.3 Å². The molecule has 7 heteroatoms. The molecular formula is C21H25N3O4. The van der Waals surface area contributed by atoms with Crippen molar-refractivity contribution in [2.45, 2.75) is 40.3 Å². The summed E-state index contributed by atoms with van der Waals surface area (Å²) in [4.78, 5) is 25.5. The summed E-state index contributed by atoms with van der Waals surface area (Å²) in [5.41, 5.74) is 3.05. The smallest absolute Gasteiger partial charge is 0.336 e. The fourth-order valence-corrected chi connectivity index (χ4v) is 3.14. The Hall–Kier alpha value is -3.09. The third-order valence-corrected chi connectivity index (χ3v) is 4.74. The highest BCUT2D eigenvalue weighted by Gasteiger charge is 2.18. The predicted octanol–water partition coefficient (Wildman–Crippen LogP) is 3.22. The van der Waals surface area contributed by atoms with Crippen LogP contribution >= 0.6 is 0 Å². The van der Waals surface area contributed by atoms with E-state index >= 15 is 0 Å². The molecule has 3 aromatic rings. The van der Waals surface area contributed by atoms with Gasteiger partial charge in [-0.3, -0.25) is 9.48 Å². The maximum atomic E-state index is 12.5. The second-order valence-corrected chi connectivity index (χ2v) is 7.18. The van der Waals surface area contributed by atoms with Crippen LogP contribution in [-0.4, -0.2) is 34.2 Å². The van der Waals surface area contributed by atoms with Crippen molar-refractivity contribution in [1.29, 1.82) is 0 Å². The van der Waals surface area contributed by atoms with Gasteiger partial charge in [-0.2, -0.15) is 5.10 Å². The zero-order chi connectivity index (χ0) is 20.4. The molecule has 1 aromatic carbocycles. The van der Waals surface area contributed by atoms with Gasteiger partial charge in [0.05, 0.1) is 5.69 Å². The molecular weight excluding hydrogens is 358 g/mol. The Labute approximate surface area is 163 Å². The molecule has 0 saturated heterocycles. The SMILES string of the molecule is Cc1nn(C(C)C)c(C)c1CN(C)C(=O)COc1ccc2ccc(=O)oc2c1. The Bertz CT molecular complexity index is 1070. The van der Waals surface area contributed by atoms with E-state index in [-0.39, 0.29) is 18.6 Å². The molecule has 0 bridgehead atoms. The van der Waals surface area contributed by atoms with Gasteiger partial charge >= 0.3 is 5.63 Å². The molecule has 0 aliphatic rings. The fourth-order valence-electron chi connectivity index (χ4n) is 3.14. The van der Waals surface area contributed by atoms with Gasteiger partial charge in [0.1, 0.15) is 11.3 Å². The van der Waals surface area contributed by atoms with Gasteiger partial charge in [-0.25, -0.2) is 4.79 Å². The minimum atomic E-state index is -0.423. The molecule has 0 unspecified atom stereocenters. The number of amides is 1. The lowest BCUT2D eigenvalue weighted by Gasteiger charge is -2.18. The van der Waals surface area contributed by atoms with Gasteiger partial charge in [-0.15, -0.1) is 0 Å². The Morgan fingerprint density at radius 2 is 1.96 bits per heavy atom. The number of rotatable bonds is 6. The largest absolute Gasteiger partial charge is 0.484 e. The number of ether oxygens (including phenoxy) is 1. The van der Waals surface area contributed by atoms with Gasteiger partial charge < -0.3 is 14.1 Å². The molecule has 2 aromatic heterocycles. The molecule has 148 valence electrons. The quantitative estimate of drug-likeness (QED) is 0.611. The first-order valence-electron chi connectivity index (χ1n) is 9.21. The van der Waals surface area contributed by atoms with Crippen LogP contribution in [0.1, 0.15) is 36.8 Å². The zero-order valence-corrected chi connectivity index (χ0v) is 16.9. The van der Waals surface area contributed by atoms with Crippen molar-refractivity contribution in [2.75, 3.05) is 13.7 Å². The van der Waals surface area contributed by atoms with Crippen molar-refractivity contribution in [3.05, 3.63) is 57.7 Å². The Morgan fingerprint density at radius 1 is 1.25 bits per heavy atom. The summed E-state index contributed by atoms with van der Waals surface area (Å²) in [6.07, 6.45) is 0. The Balaban J connectivity index is 1.66. The Kier molecular flexibility index (Phi) is 5.53. The van der Waals surface area contributed by atoms with Gasteiger partial charge in [0.25, 0.3) is 5.91 Å². The lowest BCUT2D eigenvalue weighted by Crippen LogP contribution is -2.31. The highest BCUT2D eigenvalue weighted by molar-refractivity contribution is 5.79. The molecule has 0 saturated carbocycles. The molecule has 0 spiro atoms. The fraction of sp³-hybridized carbons (Fsp3) is 0.381. The molecule has 3 rings (SSSR count). The molecule has 0 atom stereocenters. The minimum absolute atomic E-state index is 0.102. The summed E-state index contributed by atoms with van der Waals surface area (Å²) in [6, 6.07) is 8.47. The molecule has 0 radical (unpaired) electrons. The molecule has 0 N–H and O–H groups in total. The lowest BCUT2D eigenvalue weighted by molar-refractivity contribution is -0.132. The van der Waals surface area contributed by atoms with E-state index in [1.54, 1.807) is 36.2 Å². The number of hydrogen-bond donors (Lipinski definition) is 0. The average Bonchev–Trinajstić information content (AvgIpc) is 2.94. The van der Waals surface area contributed by atoms with Crippen molar-refractivity contribution < 1.29 is 13.9 Å². The van der Waals surface area contributed by atoms with Gasteiger partial charge in [0, 0.05) is 48.4 Å². The van der Waals surface area contributed by atoms with Crippen molar-refractivity contribution in [2.24, 2.45) is 0 Å². The molecule has 2 heterocycles. The van der Waals surface area contributed by atoms with Gasteiger partial charge in [-0.05, 0) is 45.9 Å². The summed E-state index contributed by atoms with van der Waals surface area (Å²) in [5.74, 6) is 0.328. The lowest BCUT2D eigenvalue weighted by atomic mass is 10.2. The van der Waals surface area contributed by atoms with Crippen molar-refractivity contribution in [1.82, 2.24) is 14.7 Å². The maximum Gasteiger partial charge on any atom is 0.336 e. The number of benzene rings is 1. The van der Waals surface area contributed by atoms with Crippen LogP contribution < -0.4 is 10.4 Å². The average molecular weight is 383 g/mol. The number of carbonyl (C=O) groups is 1. The van der Waals surface area contributed by atoms with Crippen LogP contribution in [0.15, 0.2) is 39.5 Å². The number of carbonyl (C=O) groups excluding carboxylic acids is 1. The highest BCUT2D eigenvalue weighted by atomic mass is 16.5. The maximum absolute atomic E-state index is 12.5. The molecule has 0 fully saturated rings. The van der Waals surface area contributed by atoms with Crippen LogP contribution in [-0.2, 0) is 11.3 Å². The molecule has 7 nitrogen and oxygen atoms in total. The molecule has 28 heavy (non-hydrogen) atoms. The number of aromatic nitrogens is 2. The van der Waals surface area contributed by atoms with Crippen molar-refractivity contribution in [3.8, 4) is 5.75 Å². The summed E-state index contributed by atoms with van der Waals surface area (Å²) in [5, 5.41) is 5.36. The minimum Gasteiger partial charge on any atom is -0.484 e. The summed E-state index contributed by atoms with van der Waals surface area (Å²) >= 11 is 0.